The summed E-state index contributed by atoms with van der Waals surface area (Å²) in [6, 6.07) is 11.8. The number of amides is 1. The average molecular weight is 353 g/mol. The molecule has 0 aliphatic carbocycles. The molecule has 0 heterocycles. The third-order valence-corrected chi connectivity index (χ3v) is 4.31. The molecule has 2 aromatic carbocycles. The molecule has 2 aromatic rings. The summed E-state index contributed by atoms with van der Waals surface area (Å²) >= 11 is 5.76. The standard InChI is InChI=1S/C14H13ClN4O3S/c15-10-3-1-9(2-4-10)13(20)18-11-5-7-12(8-6-11)23(21,22)19-14(16)17/h1-8H,(H,18,20)(H4,16,17,19). The summed E-state index contributed by atoms with van der Waals surface area (Å²) in [4.78, 5) is 11.9. The van der Waals surface area contributed by atoms with Gasteiger partial charge in [-0.25, -0.2) is 0 Å². The molecule has 0 aliphatic rings. The lowest BCUT2D eigenvalue weighted by atomic mass is 10.2. The van der Waals surface area contributed by atoms with Crippen LogP contribution in [0.25, 0.3) is 0 Å². The lowest BCUT2D eigenvalue weighted by Gasteiger charge is -2.06. The second-order valence-electron chi connectivity index (χ2n) is 4.48. The minimum absolute atomic E-state index is 0.0876. The van der Waals surface area contributed by atoms with Gasteiger partial charge in [0.25, 0.3) is 15.9 Å². The Kier molecular flexibility index (Phi) is 4.87. The average Bonchev–Trinajstić information content (AvgIpc) is 2.47. The Bertz CT molecular complexity index is 843. The van der Waals surface area contributed by atoms with Crippen molar-refractivity contribution in [2.45, 2.75) is 4.90 Å². The van der Waals surface area contributed by atoms with Gasteiger partial charge in [0.2, 0.25) is 5.96 Å². The molecule has 0 aliphatic heterocycles. The van der Waals surface area contributed by atoms with Crippen molar-refractivity contribution in [1.29, 1.82) is 0 Å². The fourth-order valence-electron chi connectivity index (χ4n) is 1.71. The summed E-state index contributed by atoms with van der Waals surface area (Å²) in [5.41, 5.74) is 11.0. The van der Waals surface area contributed by atoms with Crippen molar-refractivity contribution in [3.05, 3.63) is 59.1 Å². The van der Waals surface area contributed by atoms with Crippen molar-refractivity contribution in [1.82, 2.24) is 0 Å². The van der Waals surface area contributed by atoms with Gasteiger partial charge in [-0.1, -0.05) is 11.6 Å². The Morgan fingerprint density at radius 2 is 1.57 bits per heavy atom. The molecule has 120 valence electrons. The predicted molar refractivity (Wildman–Crippen MR) is 88.8 cm³/mol. The Labute approximate surface area is 138 Å². The number of sulfonamides is 1. The van der Waals surface area contributed by atoms with Crippen molar-refractivity contribution in [3.63, 3.8) is 0 Å². The van der Waals surface area contributed by atoms with Crippen molar-refractivity contribution in [2.24, 2.45) is 15.9 Å². The Balaban J connectivity index is 2.16. The number of hydrogen-bond donors (Lipinski definition) is 3. The number of nitrogens with two attached hydrogens (primary N) is 2. The van der Waals surface area contributed by atoms with Crippen LogP contribution < -0.4 is 16.8 Å². The summed E-state index contributed by atoms with van der Waals surface area (Å²) in [6.45, 7) is 0. The van der Waals surface area contributed by atoms with Gasteiger partial charge < -0.3 is 16.8 Å². The second-order valence-corrected chi connectivity index (χ2v) is 6.52. The molecule has 0 saturated carbocycles. The summed E-state index contributed by atoms with van der Waals surface area (Å²) in [5.74, 6) is -0.897. The highest BCUT2D eigenvalue weighted by atomic mass is 35.5. The first-order valence-electron chi connectivity index (χ1n) is 6.31. The van der Waals surface area contributed by atoms with Crippen molar-refractivity contribution >= 4 is 39.2 Å². The number of hydrogen-bond acceptors (Lipinski definition) is 3. The summed E-state index contributed by atoms with van der Waals surface area (Å²) in [6.07, 6.45) is 0. The topological polar surface area (TPSA) is 128 Å². The number of benzene rings is 2. The largest absolute Gasteiger partial charge is 0.369 e. The Morgan fingerprint density at radius 1 is 1.00 bits per heavy atom. The maximum absolute atomic E-state index is 12.0. The molecule has 1 amide bonds. The van der Waals surface area contributed by atoms with E-state index in [0.717, 1.165) is 0 Å². The molecular weight excluding hydrogens is 340 g/mol. The zero-order chi connectivity index (χ0) is 17.0. The van der Waals surface area contributed by atoms with Crippen LogP contribution in [0.1, 0.15) is 10.4 Å². The van der Waals surface area contributed by atoms with Crippen LogP contribution in [-0.4, -0.2) is 20.3 Å². The molecular formula is C14H13ClN4O3S. The smallest absolute Gasteiger partial charge is 0.285 e. The van der Waals surface area contributed by atoms with E-state index >= 15 is 0 Å². The van der Waals surface area contributed by atoms with Crippen molar-refractivity contribution in [2.75, 3.05) is 5.32 Å². The summed E-state index contributed by atoms with van der Waals surface area (Å²) in [7, 11) is -3.95. The van der Waals surface area contributed by atoms with E-state index in [0.29, 0.717) is 16.3 Å². The number of rotatable bonds is 4. The molecule has 0 radical (unpaired) electrons. The third kappa shape index (κ3) is 4.44. The molecule has 0 spiro atoms. The van der Waals surface area contributed by atoms with E-state index in [4.69, 9.17) is 23.1 Å². The number of nitrogens with zero attached hydrogens (tertiary/aromatic N) is 1. The number of halogens is 1. The first-order chi connectivity index (χ1) is 10.8. The number of guanidine groups is 1. The molecule has 0 unspecified atom stereocenters. The van der Waals surface area contributed by atoms with Crippen LogP contribution in [0.3, 0.4) is 0 Å². The van der Waals surface area contributed by atoms with Crippen LogP contribution in [0.15, 0.2) is 57.8 Å². The fourth-order valence-corrected chi connectivity index (χ4v) is 2.70. The van der Waals surface area contributed by atoms with Gasteiger partial charge in [0, 0.05) is 16.3 Å². The highest BCUT2D eigenvalue weighted by molar-refractivity contribution is 7.90. The molecule has 0 fully saturated rings. The maximum atomic E-state index is 12.0. The second kappa shape index (κ2) is 6.67. The third-order valence-electron chi connectivity index (χ3n) is 2.74. The number of carbonyl (C=O) groups excluding carboxylic acids is 1. The van der Waals surface area contributed by atoms with E-state index in [1.54, 1.807) is 24.3 Å². The zero-order valence-corrected chi connectivity index (χ0v) is 13.3. The van der Waals surface area contributed by atoms with Gasteiger partial charge in [0.05, 0.1) is 4.90 Å². The fraction of sp³-hybridized carbons (Fsp3) is 0. The molecule has 0 atom stereocenters. The lowest BCUT2D eigenvalue weighted by Crippen LogP contribution is -2.24. The number of carbonyl (C=O) groups is 1. The van der Waals surface area contributed by atoms with E-state index in [2.05, 4.69) is 9.71 Å². The van der Waals surface area contributed by atoms with Gasteiger partial charge in [-0.15, -0.1) is 4.40 Å². The normalized spacial score (nSPS) is 10.8. The molecule has 0 saturated heterocycles. The Morgan fingerprint density at radius 3 is 2.09 bits per heavy atom. The van der Waals surface area contributed by atoms with Crippen LogP contribution >= 0.6 is 11.6 Å². The van der Waals surface area contributed by atoms with Gasteiger partial charge in [0.1, 0.15) is 0 Å². The molecule has 7 nitrogen and oxygen atoms in total. The maximum Gasteiger partial charge on any atom is 0.285 e. The Hall–Kier alpha value is -2.58. The monoisotopic (exact) mass is 352 g/mol. The van der Waals surface area contributed by atoms with Gasteiger partial charge in [-0.2, -0.15) is 8.42 Å². The molecule has 0 aromatic heterocycles. The highest BCUT2D eigenvalue weighted by Gasteiger charge is 2.13. The minimum Gasteiger partial charge on any atom is -0.369 e. The predicted octanol–water partition coefficient (Wildman–Crippen LogP) is 1.55. The van der Waals surface area contributed by atoms with Crippen LogP contribution in [0.4, 0.5) is 5.69 Å². The zero-order valence-electron chi connectivity index (χ0n) is 11.7. The van der Waals surface area contributed by atoms with E-state index < -0.39 is 16.0 Å². The SMILES string of the molecule is NC(N)=NS(=O)(=O)c1ccc(NC(=O)c2ccc(Cl)cc2)cc1. The first-order valence-corrected chi connectivity index (χ1v) is 8.12. The van der Waals surface area contributed by atoms with E-state index in [-0.39, 0.29) is 10.8 Å². The van der Waals surface area contributed by atoms with E-state index in [1.807, 2.05) is 0 Å². The molecule has 2 rings (SSSR count). The molecule has 9 heteroatoms. The molecule has 0 bridgehead atoms. The first kappa shape index (κ1) is 16.8. The van der Waals surface area contributed by atoms with Gasteiger partial charge >= 0.3 is 0 Å². The quantitative estimate of drug-likeness (QED) is 0.568. The molecule has 5 N–H and O–H groups in total. The van der Waals surface area contributed by atoms with Crippen LogP contribution in [-0.2, 0) is 10.0 Å². The van der Waals surface area contributed by atoms with E-state index in [1.165, 1.54) is 24.3 Å². The van der Waals surface area contributed by atoms with Gasteiger partial charge in [-0.05, 0) is 48.5 Å². The minimum atomic E-state index is -3.95. The number of anilines is 1. The summed E-state index contributed by atoms with van der Waals surface area (Å²) < 4.78 is 26.7. The van der Waals surface area contributed by atoms with Crippen molar-refractivity contribution < 1.29 is 13.2 Å². The van der Waals surface area contributed by atoms with Crippen molar-refractivity contribution in [3.8, 4) is 0 Å². The van der Waals surface area contributed by atoms with Crippen LogP contribution in [0, 0.1) is 0 Å². The lowest BCUT2D eigenvalue weighted by molar-refractivity contribution is 0.102. The van der Waals surface area contributed by atoms with E-state index in [9.17, 15) is 13.2 Å². The summed E-state index contributed by atoms with van der Waals surface area (Å²) in [5, 5.41) is 3.16. The van der Waals surface area contributed by atoms with Gasteiger partial charge in [-0.3, -0.25) is 4.79 Å². The van der Waals surface area contributed by atoms with Crippen LogP contribution in [0.2, 0.25) is 5.02 Å². The number of nitrogens with one attached hydrogen (secondary N) is 1. The highest BCUT2D eigenvalue weighted by Crippen LogP contribution is 2.17. The van der Waals surface area contributed by atoms with Gasteiger partial charge in [0.15, 0.2) is 0 Å². The van der Waals surface area contributed by atoms with Crippen LogP contribution in [0.5, 0.6) is 0 Å². The molecule has 23 heavy (non-hydrogen) atoms.